The number of nitrogens with two attached hydrogens (primary N) is 1. The lowest BCUT2D eigenvalue weighted by molar-refractivity contribution is 0.0880. The molecule has 0 saturated carbocycles. The Morgan fingerprint density at radius 1 is 1.05 bits per heavy atom. The number of nitrogens with one attached hydrogen (secondary N) is 1. The Kier molecular flexibility index (Phi) is 3.45. The number of nitrogens with zero attached hydrogens (tertiary/aromatic N) is 1. The molecule has 0 unspecified atom stereocenters. The van der Waals surface area contributed by atoms with Gasteiger partial charge < -0.3 is 5.73 Å². The number of benzene rings is 1. The van der Waals surface area contributed by atoms with Crippen LogP contribution in [0.4, 0.5) is 5.82 Å². The highest BCUT2D eigenvalue weighted by atomic mass is 79.9. The van der Waals surface area contributed by atoms with E-state index in [1.54, 1.807) is 6.07 Å². The molecule has 0 saturated heterocycles. The number of rotatable bonds is 1. The second-order valence-corrected chi connectivity index (χ2v) is 6.54. The van der Waals surface area contributed by atoms with E-state index in [0.717, 1.165) is 16.1 Å². The standard InChI is InChI=1S/C14H9Br2N3O3/c1-5-2-8(16)9(4-7(5)15)19-10(20)3-6-11(12(19)17)14(22)18-13(6)21/h2-4H,17H2,1H3,(H,18,21,22). The Balaban J connectivity index is 2.37. The van der Waals surface area contributed by atoms with Gasteiger partial charge >= 0.3 is 0 Å². The zero-order valence-corrected chi connectivity index (χ0v) is 14.4. The van der Waals surface area contributed by atoms with Gasteiger partial charge in [-0.2, -0.15) is 0 Å². The van der Waals surface area contributed by atoms with Gasteiger partial charge in [0.25, 0.3) is 17.4 Å². The maximum atomic E-state index is 12.4. The largest absolute Gasteiger partial charge is 0.384 e. The summed E-state index contributed by atoms with van der Waals surface area (Å²) in [6.07, 6.45) is 0. The molecule has 0 fully saturated rings. The summed E-state index contributed by atoms with van der Waals surface area (Å²) in [4.78, 5) is 35.8. The predicted molar refractivity (Wildman–Crippen MR) is 88.4 cm³/mol. The quantitative estimate of drug-likeness (QED) is 0.683. The Morgan fingerprint density at radius 2 is 1.73 bits per heavy atom. The van der Waals surface area contributed by atoms with Gasteiger partial charge in [-0.25, -0.2) is 0 Å². The highest BCUT2D eigenvalue weighted by molar-refractivity contribution is 9.11. The number of anilines is 1. The fraction of sp³-hybridized carbons (Fsp3) is 0.0714. The Hall–Kier alpha value is -1.93. The molecule has 2 heterocycles. The van der Waals surface area contributed by atoms with Crippen molar-refractivity contribution in [1.82, 2.24) is 9.88 Å². The van der Waals surface area contributed by atoms with Crippen molar-refractivity contribution in [2.24, 2.45) is 0 Å². The molecule has 3 N–H and O–H groups in total. The van der Waals surface area contributed by atoms with Gasteiger partial charge in [-0.3, -0.25) is 24.3 Å². The number of carbonyl (C=O) groups excluding carboxylic acids is 2. The summed E-state index contributed by atoms with van der Waals surface area (Å²) in [6.45, 7) is 1.90. The maximum Gasteiger partial charge on any atom is 0.262 e. The van der Waals surface area contributed by atoms with Crippen LogP contribution in [0.25, 0.3) is 5.69 Å². The number of pyridine rings is 1. The van der Waals surface area contributed by atoms with Crippen LogP contribution in [0, 0.1) is 6.92 Å². The molecular formula is C14H9Br2N3O3. The molecule has 0 atom stereocenters. The number of hydrogen-bond acceptors (Lipinski definition) is 4. The lowest BCUT2D eigenvalue weighted by atomic mass is 10.1. The smallest absolute Gasteiger partial charge is 0.262 e. The average Bonchev–Trinajstić information content (AvgIpc) is 2.70. The molecule has 1 aromatic carbocycles. The normalized spacial score (nSPS) is 13.2. The number of amides is 2. The van der Waals surface area contributed by atoms with Gasteiger partial charge in [0.15, 0.2) is 0 Å². The molecule has 0 radical (unpaired) electrons. The summed E-state index contributed by atoms with van der Waals surface area (Å²) in [7, 11) is 0. The van der Waals surface area contributed by atoms with Crippen molar-refractivity contribution in [3.8, 4) is 5.69 Å². The number of imide groups is 1. The first-order chi connectivity index (χ1) is 10.3. The molecule has 2 aromatic rings. The van der Waals surface area contributed by atoms with E-state index in [4.69, 9.17) is 5.73 Å². The molecule has 0 aliphatic carbocycles. The van der Waals surface area contributed by atoms with E-state index < -0.39 is 17.4 Å². The van der Waals surface area contributed by atoms with E-state index in [0.29, 0.717) is 10.2 Å². The molecule has 8 heteroatoms. The Bertz CT molecular complexity index is 919. The zero-order valence-electron chi connectivity index (χ0n) is 11.2. The van der Waals surface area contributed by atoms with Crippen molar-refractivity contribution in [3.63, 3.8) is 0 Å². The van der Waals surface area contributed by atoms with Crippen LogP contribution in [0.5, 0.6) is 0 Å². The van der Waals surface area contributed by atoms with Crippen LogP contribution >= 0.6 is 31.9 Å². The molecule has 0 spiro atoms. The van der Waals surface area contributed by atoms with E-state index in [9.17, 15) is 14.4 Å². The summed E-state index contributed by atoms with van der Waals surface area (Å²) < 4.78 is 2.63. The fourth-order valence-corrected chi connectivity index (χ4v) is 3.30. The van der Waals surface area contributed by atoms with Gasteiger partial charge in [0.2, 0.25) is 0 Å². The third-order valence-corrected chi connectivity index (χ3v) is 4.91. The number of hydrogen-bond donors (Lipinski definition) is 2. The van der Waals surface area contributed by atoms with Crippen molar-refractivity contribution >= 4 is 49.5 Å². The van der Waals surface area contributed by atoms with Crippen LogP contribution < -0.4 is 16.6 Å². The number of carbonyl (C=O) groups is 2. The number of aromatic nitrogens is 1. The molecule has 22 heavy (non-hydrogen) atoms. The fourth-order valence-electron chi connectivity index (χ4n) is 2.33. The van der Waals surface area contributed by atoms with Crippen molar-refractivity contribution in [1.29, 1.82) is 0 Å². The van der Waals surface area contributed by atoms with Gasteiger partial charge in [0.1, 0.15) is 5.82 Å². The zero-order chi connectivity index (χ0) is 16.2. The minimum absolute atomic E-state index is 0.00560. The van der Waals surface area contributed by atoms with Crippen molar-refractivity contribution in [2.45, 2.75) is 6.92 Å². The second-order valence-electron chi connectivity index (χ2n) is 4.83. The minimum atomic E-state index is -0.611. The number of fused-ring (bicyclic) bond motifs is 1. The van der Waals surface area contributed by atoms with Gasteiger partial charge in [-0.15, -0.1) is 0 Å². The van der Waals surface area contributed by atoms with E-state index in [-0.39, 0.29) is 16.9 Å². The molecule has 1 aliphatic heterocycles. The molecule has 2 amide bonds. The van der Waals surface area contributed by atoms with Crippen LogP contribution in [0.15, 0.2) is 31.9 Å². The van der Waals surface area contributed by atoms with Crippen molar-refractivity contribution < 1.29 is 9.59 Å². The molecule has 6 nitrogen and oxygen atoms in total. The third-order valence-electron chi connectivity index (χ3n) is 3.42. The van der Waals surface area contributed by atoms with E-state index in [1.165, 1.54) is 4.57 Å². The molecule has 0 bridgehead atoms. The summed E-state index contributed by atoms with van der Waals surface area (Å²) in [5.41, 5.74) is 6.98. The summed E-state index contributed by atoms with van der Waals surface area (Å²) in [5.74, 6) is -1.28. The predicted octanol–water partition coefficient (Wildman–Crippen LogP) is 2.14. The van der Waals surface area contributed by atoms with Crippen molar-refractivity contribution in [3.05, 3.63) is 54.2 Å². The average molecular weight is 427 g/mol. The minimum Gasteiger partial charge on any atom is -0.384 e. The van der Waals surface area contributed by atoms with Crippen LogP contribution in [0.3, 0.4) is 0 Å². The summed E-state index contributed by atoms with van der Waals surface area (Å²) in [5, 5.41) is 2.13. The van der Waals surface area contributed by atoms with E-state index in [1.807, 2.05) is 13.0 Å². The summed E-state index contributed by atoms with van der Waals surface area (Å²) in [6, 6.07) is 4.66. The molecule has 1 aliphatic rings. The molecule has 112 valence electrons. The number of aryl methyl sites for hydroxylation is 1. The SMILES string of the molecule is Cc1cc(Br)c(-n2c(N)c3c(cc2=O)C(=O)NC3=O)cc1Br. The van der Waals surface area contributed by atoms with Gasteiger partial charge in [0.05, 0.1) is 16.8 Å². The molecular weight excluding hydrogens is 418 g/mol. The van der Waals surface area contributed by atoms with E-state index in [2.05, 4.69) is 37.2 Å². The van der Waals surface area contributed by atoms with Crippen LogP contribution in [0.2, 0.25) is 0 Å². The van der Waals surface area contributed by atoms with Crippen LogP contribution in [-0.4, -0.2) is 16.4 Å². The lowest BCUT2D eigenvalue weighted by Crippen LogP contribution is -2.24. The lowest BCUT2D eigenvalue weighted by Gasteiger charge is -2.14. The first-order valence-corrected chi connectivity index (χ1v) is 7.77. The van der Waals surface area contributed by atoms with Gasteiger partial charge in [-0.05, 0) is 40.5 Å². The maximum absolute atomic E-state index is 12.4. The first-order valence-electron chi connectivity index (χ1n) is 6.18. The molecule has 3 rings (SSSR count). The van der Waals surface area contributed by atoms with Gasteiger partial charge in [-0.1, -0.05) is 15.9 Å². The van der Waals surface area contributed by atoms with Crippen LogP contribution in [-0.2, 0) is 0 Å². The number of halogens is 2. The third kappa shape index (κ3) is 2.10. The highest BCUT2D eigenvalue weighted by Gasteiger charge is 2.32. The topological polar surface area (TPSA) is 94.2 Å². The molecule has 1 aromatic heterocycles. The second kappa shape index (κ2) is 5.06. The summed E-state index contributed by atoms with van der Waals surface area (Å²) >= 11 is 6.79. The number of nitrogen functional groups attached to an aromatic ring is 1. The van der Waals surface area contributed by atoms with Crippen molar-refractivity contribution in [2.75, 3.05) is 5.73 Å². The highest BCUT2D eigenvalue weighted by Crippen LogP contribution is 2.30. The van der Waals surface area contributed by atoms with Gasteiger partial charge in [0, 0.05) is 15.0 Å². The van der Waals surface area contributed by atoms with E-state index >= 15 is 0 Å². The first kappa shape index (κ1) is 15.0. The van der Waals surface area contributed by atoms with Crippen LogP contribution in [0.1, 0.15) is 26.3 Å². The Labute approximate surface area is 141 Å². The monoisotopic (exact) mass is 425 g/mol. The Morgan fingerprint density at radius 3 is 2.41 bits per heavy atom.